The third kappa shape index (κ3) is 2.75. The van der Waals surface area contributed by atoms with Crippen LogP contribution in [-0.2, 0) is 0 Å². The largest absolute Gasteiger partial charge is 0.364 e. The zero-order chi connectivity index (χ0) is 19.8. The number of nitrogens with two attached hydrogens (primary N) is 2. The minimum atomic E-state index is -0.871. The van der Waals surface area contributed by atoms with Crippen molar-refractivity contribution in [2.75, 3.05) is 5.32 Å². The predicted octanol–water partition coefficient (Wildman–Crippen LogP) is 3.07. The molecule has 0 aliphatic carbocycles. The van der Waals surface area contributed by atoms with E-state index in [-0.39, 0.29) is 11.4 Å². The monoisotopic (exact) mass is 372 g/mol. The predicted molar refractivity (Wildman–Crippen MR) is 107 cm³/mol. The molecule has 0 radical (unpaired) electrons. The van der Waals surface area contributed by atoms with Crippen molar-refractivity contribution in [3.63, 3.8) is 0 Å². The van der Waals surface area contributed by atoms with E-state index in [0.717, 1.165) is 15.3 Å². The van der Waals surface area contributed by atoms with Crippen molar-refractivity contribution in [3.05, 3.63) is 78.0 Å². The van der Waals surface area contributed by atoms with Gasteiger partial charge in [-0.3, -0.25) is 14.2 Å². The summed E-state index contributed by atoms with van der Waals surface area (Å²) in [5, 5.41) is 5.12. The number of primary amides is 2. The average molecular weight is 372 g/mol. The maximum absolute atomic E-state index is 12.9. The number of carbonyl (C=O) groups is 3. The van der Waals surface area contributed by atoms with E-state index in [1.54, 1.807) is 36.4 Å². The van der Waals surface area contributed by atoms with E-state index in [0.29, 0.717) is 16.5 Å². The summed E-state index contributed by atoms with van der Waals surface area (Å²) in [6.45, 7) is 0. The van der Waals surface area contributed by atoms with Gasteiger partial charge in [-0.25, -0.2) is 4.79 Å². The zero-order valence-corrected chi connectivity index (χ0v) is 14.7. The van der Waals surface area contributed by atoms with Crippen LogP contribution in [0.2, 0.25) is 0 Å². The summed E-state index contributed by atoms with van der Waals surface area (Å²) in [6.07, 6.45) is 0. The molecule has 0 aliphatic rings. The Kier molecular flexibility index (Phi) is 4.04. The molecule has 0 fully saturated rings. The van der Waals surface area contributed by atoms with Crippen LogP contribution < -0.4 is 16.8 Å². The summed E-state index contributed by atoms with van der Waals surface area (Å²) in [7, 11) is 0. The third-order valence-corrected chi connectivity index (χ3v) is 4.58. The van der Waals surface area contributed by atoms with Gasteiger partial charge >= 0.3 is 6.03 Å². The Balaban J connectivity index is 1.84. The van der Waals surface area contributed by atoms with E-state index in [4.69, 9.17) is 11.5 Å². The lowest BCUT2D eigenvalue weighted by molar-refractivity contribution is 0.0994. The lowest BCUT2D eigenvalue weighted by Crippen LogP contribution is -2.27. The third-order valence-electron chi connectivity index (χ3n) is 4.58. The molecule has 138 valence electrons. The highest BCUT2D eigenvalue weighted by atomic mass is 16.2. The van der Waals surface area contributed by atoms with Crippen molar-refractivity contribution in [1.82, 2.24) is 4.57 Å². The van der Waals surface area contributed by atoms with Crippen LogP contribution in [0.15, 0.2) is 66.7 Å². The molecule has 7 nitrogen and oxygen atoms in total. The summed E-state index contributed by atoms with van der Waals surface area (Å²) in [5.74, 6) is -1.30. The van der Waals surface area contributed by atoms with Crippen molar-refractivity contribution in [3.8, 4) is 0 Å². The zero-order valence-electron chi connectivity index (χ0n) is 14.7. The smallest absolute Gasteiger partial charge is 0.324 e. The molecule has 7 heteroatoms. The maximum Gasteiger partial charge on any atom is 0.324 e. The molecule has 3 aromatic carbocycles. The van der Waals surface area contributed by atoms with E-state index >= 15 is 0 Å². The molecule has 0 saturated carbocycles. The van der Waals surface area contributed by atoms with Crippen LogP contribution in [0.3, 0.4) is 0 Å². The first kappa shape index (κ1) is 17.3. The Morgan fingerprint density at radius 3 is 2.21 bits per heavy atom. The van der Waals surface area contributed by atoms with Gasteiger partial charge in [0, 0.05) is 10.9 Å². The van der Waals surface area contributed by atoms with E-state index in [1.807, 2.05) is 30.3 Å². The number of para-hydroxylation sites is 1. The van der Waals surface area contributed by atoms with E-state index < -0.39 is 17.8 Å². The molecule has 28 heavy (non-hydrogen) atoms. The second kappa shape index (κ2) is 6.55. The number of nitrogens with zero attached hydrogens (tertiary/aromatic N) is 1. The molecule has 0 unspecified atom stereocenters. The van der Waals surface area contributed by atoms with Gasteiger partial charge in [0.05, 0.1) is 11.2 Å². The summed E-state index contributed by atoms with van der Waals surface area (Å²) < 4.78 is 1.01. The summed E-state index contributed by atoms with van der Waals surface area (Å²) in [4.78, 5) is 36.8. The van der Waals surface area contributed by atoms with Gasteiger partial charge in [0.25, 0.3) is 11.8 Å². The van der Waals surface area contributed by atoms with Gasteiger partial charge in [-0.1, -0.05) is 48.5 Å². The number of aromatic nitrogens is 1. The molecule has 0 aliphatic heterocycles. The second-order valence-corrected chi connectivity index (χ2v) is 6.29. The van der Waals surface area contributed by atoms with Gasteiger partial charge < -0.3 is 16.8 Å². The lowest BCUT2D eigenvalue weighted by atomic mass is 10.1. The molecule has 1 heterocycles. The fourth-order valence-electron chi connectivity index (χ4n) is 3.34. The Hall–Kier alpha value is -4.13. The van der Waals surface area contributed by atoms with Crippen LogP contribution in [-0.4, -0.2) is 22.4 Å². The molecule has 5 N–H and O–H groups in total. The molecule has 3 amide bonds. The van der Waals surface area contributed by atoms with Crippen molar-refractivity contribution in [2.45, 2.75) is 0 Å². The van der Waals surface area contributed by atoms with Crippen LogP contribution in [0.25, 0.3) is 21.7 Å². The highest BCUT2D eigenvalue weighted by molar-refractivity contribution is 6.18. The lowest BCUT2D eigenvalue weighted by Gasteiger charge is -2.08. The Labute approximate surface area is 159 Å². The van der Waals surface area contributed by atoms with Crippen molar-refractivity contribution in [1.29, 1.82) is 0 Å². The first-order valence-electron chi connectivity index (χ1n) is 8.50. The number of fused-ring (bicyclic) bond motifs is 2. The number of amides is 3. The fourth-order valence-corrected chi connectivity index (χ4v) is 3.34. The minimum Gasteiger partial charge on any atom is -0.364 e. The van der Waals surface area contributed by atoms with Gasteiger partial charge in [0.15, 0.2) is 0 Å². The first-order valence-corrected chi connectivity index (χ1v) is 8.50. The molecule has 0 spiro atoms. The summed E-state index contributed by atoms with van der Waals surface area (Å²) in [5.41, 5.74) is 11.7. The molecule has 0 atom stereocenters. The highest BCUT2D eigenvalue weighted by Crippen LogP contribution is 2.31. The quantitative estimate of drug-likeness (QED) is 0.512. The number of hydrogen-bond acceptors (Lipinski definition) is 3. The Morgan fingerprint density at radius 2 is 1.50 bits per heavy atom. The van der Waals surface area contributed by atoms with E-state index in [1.165, 1.54) is 0 Å². The topological polar surface area (TPSA) is 120 Å². The minimum absolute atomic E-state index is 0.153. The van der Waals surface area contributed by atoms with Crippen LogP contribution in [0.5, 0.6) is 0 Å². The van der Waals surface area contributed by atoms with Crippen molar-refractivity contribution < 1.29 is 14.4 Å². The van der Waals surface area contributed by atoms with E-state index in [9.17, 15) is 14.4 Å². The number of carbonyl (C=O) groups excluding carboxylic acids is 3. The Morgan fingerprint density at radius 1 is 0.821 bits per heavy atom. The van der Waals surface area contributed by atoms with Crippen LogP contribution in [0, 0.1) is 0 Å². The molecule has 1 aromatic heterocycles. The van der Waals surface area contributed by atoms with Gasteiger partial charge in [-0.2, -0.15) is 0 Å². The Bertz CT molecular complexity index is 1270. The maximum atomic E-state index is 12.9. The molecule has 4 aromatic rings. The number of benzene rings is 3. The highest BCUT2D eigenvalue weighted by Gasteiger charge is 2.25. The first-order chi connectivity index (χ1) is 13.5. The molecular weight excluding hydrogens is 356 g/mol. The van der Waals surface area contributed by atoms with Crippen LogP contribution in [0.4, 0.5) is 10.5 Å². The van der Waals surface area contributed by atoms with Crippen LogP contribution in [0.1, 0.15) is 20.8 Å². The SMILES string of the molecule is NC(=O)c1c(NC(=O)c2ccc3ccccc3c2)c2ccccc2n1C(N)=O. The molecular formula is C21H16N4O3. The number of hydrogen-bond donors (Lipinski definition) is 3. The second-order valence-electron chi connectivity index (χ2n) is 6.29. The number of nitrogens with one attached hydrogen (secondary N) is 1. The van der Waals surface area contributed by atoms with Gasteiger partial charge in [0.1, 0.15) is 5.69 Å². The van der Waals surface area contributed by atoms with Crippen molar-refractivity contribution >= 4 is 45.2 Å². The average Bonchev–Trinajstić information content (AvgIpc) is 3.02. The standard InChI is InChI=1S/C21H16N4O3/c22-19(26)18-17(15-7-3-4-8-16(15)25(18)21(23)28)24-20(27)14-10-9-12-5-1-2-6-13(12)11-14/h1-11H,(H2,22,26)(H2,23,28)(H,24,27). The summed E-state index contributed by atoms with van der Waals surface area (Å²) in [6, 6.07) is 18.8. The molecule has 0 saturated heterocycles. The molecule has 4 rings (SSSR count). The van der Waals surface area contributed by atoms with Crippen LogP contribution >= 0.6 is 0 Å². The number of rotatable bonds is 3. The summed E-state index contributed by atoms with van der Waals surface area (Å²) >= 11 is 0. The number of anilines is 1. The van der Waals surface area contributed by atoms with E-state index in [2.05, 4.69) is 5.32 Å². The van der Waals surface area contributed by atoms with Crippen molar-refractivity contribution in [2.24, 2.45) is 11.5 Å². The van der Waals surface area contributed by atoms with Gasteiger partial charge in [-0.05, 0) is 29.0 Å². The van der Waals surface area contributed by atoms with Gasteiger partial charge in [0.2, 0.25) is 0 Å². The normalized spacial score (nSPS) is 10.9. The molecule has 0 bridgehead atoms. The fraction of sp³-hybridized carbons (Fsp3) is 0. The van der Waals surface area contributed by atoms with Gasteiger partial charge in [-0.15, -0.1) is 0 Å².